The molecule has 1 aliphatic rings. The Morgan fingerprint density at radius 1 is 0.518 bits per heavy atom. The van der Waals surface area contributed by atoms with Crippen molar-refractivity contribution in [2.75, 3.05) is 0 Å². The summed E-state index contributed by atoms with van der Waals surface area (Å²) < 4.78 is 9.42. The molecular weight excluding hydrogens is 703 g/mol. The molecule has 12 rings (SSSR count). The number of thiophene rings is 1. The first-order valence-corrected chi connectivity index (χ1v) is 19.8. The minimum atomic E-state index is 0.165. The van der Waals surface area contributed by atoms with Crippen molar-refractivity contribution >= 4 is 80.9 Å². The Labute approximate surface area is 326 Å². The van der Waals surface area contributed by atoms with Crippen LogP contribution >= 0.6 is 11.3 Å². The number of benzene rings is 8. The lowest BCUT2D eigenvalue weighted by atomic mass is 9.84. The van der Waals surface area contributed by atoms with Crippen LogP contribution in [0.2, 0.25) is 0 Å². The van der Waals surface area contributed by atoms with Crippen molar-refractivity contribution in [3.63, 3.8) is 0 Å². The third-order valence-corrected chi connectivity index (χ3v) is 12.7. The van der Waals surface area contributed by atoms with Crippen molar-refractivity contribution in [3.05, 3.63) is 181 Å². The van der Waals surface area contributed by atoms with Gasteiger partial charge in [0.25, 0.3) is 0 Å². The average Bonchev–Trinajstić information content (AvgIpc) is 3.84. The van der Waals surface area contributed by atoms with Crippen molar-refractivity contribution in [1.82, 2.24) is 15.0 Å². The summed E-state index contributed by atoms with van der Waals surface area (Å²) in [5.74, 6) is 3.05. The van der Waals surface area contributed by atoms with Crippen molar-refractivity contribution in [3.8, 4) is 34.2 Å². The van der Waals surface area contributed by atoms with Crippen LogP contribution in [0, 0.1) is 0 Å². The molecule has 1 unspecified atom stereocenters. The molecule has 0 spiro atoms. The lowest BCUT2D eigenvalue weighted by Gasteiger charge is -2.19. The summed E-state index contributed by atoms with van der Waals surface area (Å²) in [5, 5.41) is 11.1. The third-order valence-electron chi connectivity index (χ3n) is 11.5. The molecule has 4 nitrogen and oxygen atoms in total. The summed E-state index contributed by atoms with van der Waals surface area (Å²) in [6.07, 6.45) is 5.39. The van der Waals surface area contributed by atoms with Crippen molar-refractivity contribution in [1.29, 1.82) is 0 Å². The van der Waals surface area contributed by atoms with Gasteiger partial charge in [-0.1, -0.05) is 146 Å². The molecule has 0 saturated carbocycles. The van der Waals surface area contributed by atoms with Crippen LogP contribution < -0.4 is 0 Å². The fraction of sp³-hybridized carbons (Fsp3) is 0.0392. The van der Waals surface area contributed by atoms with Gasteiger partial charge in [0.15, 0.2) is 17.5 Å². The molecule has 3 heterocycles. The van der Waals surface area contributed by atoms with Crippen LogP contribution in [0.5, 0.6) is 0 Å². The summed E-state index contributed by atoms with van der Waals surface area (Å²) in [5.41, 5.74) is 6.08. The Kier molecular flexibility index (Phi) is 6.89. The largest absolute Gasteiger partial charge is 0.460 e. The quantitative estimate of drug-likeness (QED) is 0.169. The zero-order chi connectivity index (χ0) is 36.7. The third kappa shape index (κ3) is 4.88. The molecule has 0 radical (unpaired) electrons. The molecule has 8 aromatic carbocycles. The van der Waals surface area contributed by atoms with Crippen molar-refractivity contribution in [2.45, 2.75) is 12.3 Å². The minimum absolute atomic E-state index is 0.165. The minimum Gasteiger partial charge on any atom is -0.460 e. The van der Waals surface area contributed by atoms with Crippen LogP contribution in [0.1, 0.15) is 22.8 Å². The lowest BCUT2D eigenvalue weighted by Crippen LogP contribution is -2.05. The zero-order valence-electron chi connectivity index (χ0n) is 30.1. The molecule has 1 aliphatic carbocycles. The summed E-state index contributed by atoms with van der Waals surface area (Å²) >= 11 is 1.88. The molecule has 0 aliphatic heterocycles. The van der Waals surface area contributed by atoms with E-state index in [1.165, 1.54) is 52.7 Å². The number of hydrogen-bond donors (Lipinski definition) is 0. The van der Waals surface area contributed by atoms with E-state index < -0.39 is 0 Å². The van der Waals surface area contributed by atoms with Gasteiger partial charge in [0.2, 0.25) is 0 Å². The second-order valence-electron chi connectivity index (χ2n) is 14.7. The highest BCUT2D eigenvalue weighted by Crippen LogP contribution is 2.45. The Morgan fingerprint density at radius 2 is 1.23 bits per heavy atom. The van der Waals surface area contributed by atoms with E-state index in [1.54, 1.807) is 0 Å². The van der Waals surface area contributed by atoms with E-state index in [-0.39, 0.29) is 5.92 Å². The van der Waals surface area contributed by atoms with E-state index >= 15 is 0 Å². The maximum absolute atomic E-state index is 6.75. The first kappa shape index (κ1) is 31.4. The predicted molar refractivity (Wildman–Crippen MR) is 233 cm³/mol. The van der Waals surface area contributed by atoms with Gasteiger partial charge in [0.05, 0.1) is 0 Å². The second kappa shape index (κ2) is 12.3. The van der Waals surface area contributed by atoms with Crippen LogP contribution in [0.15, 0.2) is 168 Å². The van der Waals surface area contributed by atoms with Gasteiger partial charge in [-0.05, 0) is 62.1 Å². The molecule has 0 amide bonds. The number of hydrogen-bond acceptors (Lipinski definition) is 5. The molecule has 0 N–H and O–H groups in total. The molecule has 5 heteroatoms. The summed E-state index contributed by atoms with van der Waals surface area (Å²) in [4.78, 5) is 15.4. The molecule has 262 valence electrons. The number of furan rings is 1. The van der Waals surface area contributed by atoms with Crippen molar-refractivity contribution < 1.29 is 4.42 Å². The highest BCUT2D eigenvalue weighted by atomic mass is 32.1. The molecule has 0 saturated heterocycles. The summed E-state index contributed by atoms with van der Waals surface area (Å²) in [6, 6.07) is 55.8. The van der Waals surface area contributed by atoms with Crippen molar-refractivity contribution in [2.24, 2.45) is 0 Å². The highest BCUT2D eigenvalue weighted by molar-refractivity contribution is 7.26. The monoisotopic (exact) mass is 733 g/mol. The smallest absolute Gasteiger partial charge is 0.164 e. The van der Waals surface area contributed by atoms with Crippen LogP contribution in [-0.4, -0.2) is 15.0 Å². The van der Waals surface area contributed by atoms with E-state index in [0.717, 1.165) is 50.8 Å². The maximum atomic E-state index is 6.75. The number of fused-ring (bicyclic) bond motifs is 11. The molecule has 0 fully saturated rings. The number of allylic oxidation sites excluding steroid dienone is 1. The lowest BCUT2D eigenvalue weighted by molar-refractivity contribution is 0.533. The van der Waals surface area contributed by atoms with Gasteiger partial charge in [0, 0.05) is 60.2 Å². The highest BCUT2D eigenvalue weighted by Gasteiger charge is 2.26. The zero-order valence-corrected chi connectivity index (χ0v) is 30.9. The van der Waals surface area contributed by atoms with Gasteiger partial charge < -0.3 is 4.42 Å². The van der Waals surface area contributed by atoms with Crippen LogP contribution in [0.25, 0.3) is 104 Å². The van der Waals surface area contributed by atoms with E-state index in [1.807, 2.05) is 35.6 Å². The Balaban J connectivity index is 1.00. The normalized spacial score (nSPS) is 14.1. The van der Waals surface area contributed by atoms with Crippen LogP contribution in [0.3, 0.4) is 0 Å². The molecule has 1 atom stereocenters. The van der Waals surface area contributed by atoms with E-state index in [9.17, 15) is 0 Å². The molecule has 3 aromatic heterocycles. The Bertz CT molecular complexity index is 3410. The van der Waals surface area contributed by atoms with E-state index in [0.29, 0.717) is 17.5 Å². The molecule has 0 bridgehead atoms. The SMILES string of the molecule is C1=CC(c2cc3c4ccccc4sc3c3ccccc23)Cc2oc3cccc(-c4nc(-c5ccccc5)nc(-c5ccc6c(ccc7ccccc76)c5)n4)c3c21. The van der Waals surface area contributed by atoms with Crippen LogP contribution in [-0.2, 0) is 6.42 Å². The fourth-order valence-electron chi connectivity index (χ4n) is 8.80. The van der Waals surface area contributed by atoms with Gasteiger partial charge in [-0.25, -0.2) is 15.0 Å². The van der Waals surface area contributed by atoms with E-state index in [2.05, 4.69) is 146 Å². The summed E-state index contributed by atoms with van der Waals surface area (Å²) in [6.45, 7) is 0. The Hall–Kier alpha value is -6.95. The Morgan fingerprint density at radius 3 is 2.12 bits per heavy atom. The molecule has 56 heavy (non-hydrogen) atoms. The predicted octanol–water partition coefficient (Wildman–Crippen LogP) is 13.8. The standard InChI is InChI=1S/C51H31N3OS/c1-2-12-31(13-3-1)49-52-50(34-24-25-36-32(27-34)22-21-30-11-4-5-14-35(30)36)54-51(53-49)41-18-10-19-44-47(41)40-26-23-33(28-45(40)55-44)42-29-43-38-16-8-9-20-46(38)56-48(43)39-17-7-6-15-37(39)42/h1-27,29,33H,28H2. The first-order valence-electron chi connectivity index (χ1n) is 19.0. The number of aromatic nitrogens is 3. The van der Waals surface area contributed by atoms with Gasteiger partial charge in [-0.3, -0.25) is 0 Å². The van der Waals surface area contributed by atoms with E-state index in [4.69, 9.17) is 19.4 Å². The van der Waals surface area contributed by atoms with Gasteiger partial charge >= 0.3 is 0 Å². The van der Waals surface area contributed by atoms with Gasteiger partial charge in [0.1, 0.15) is 11.3 Å². The van der Waals surface area contributed by atoms with Gasteiger partial charge in [-0.15, -0.1) is 11.3 Å². The summed E-state index contributed by atoms with van der Waals surface area (Å²) in [7, 11) is 0. The molecular formula is C51H31N3OS. The second-order valence-corrected chi connectivity index (χ2v) is 15.7. The average molecular weight is 734 g/mol. The number of nitrogens with zero attached hydrogens (tertiary/aromatic N) is 3. The first-order chi connectivity index (χ1) is 27.7. The number of rotatable bonds is 4. The fourth-order valence-corrected chi connectivity index (χ4v) is 10.0. The topological polar surface area (TPSA) is 51.8 Å². The molecule has 11 aromatic rings. The van der Waals surface area contributed by atoms with Crippen LogP contribution in [0.4, 0.5) is 0 Å². The maximum Gasteiger partial charge on any atom is 0.164 e. The van der Waals surface area contributed by atoms with Gasteiger partial charge in [-0.2, -0.15) is 0 Å².